The molecule has 0 N–H and O–H groups in total. The second-order valence-corrected chi connectivity index (χ2v) is 7.84. The molecule has 2 aromatic rings. The zero-order chi connectivity index (χ0) is 22.0. The fourth-order valence-corrected chi connectivity index (χ4v) is 4.92. The predicted molar refractivity (Wildman–Crippen MR) is 119 cm³/mol. The van der Waals surface area contributed by atoms with Crippen LogP contribution in [0.2, 0.25) is 0 Å². The Morgan fingerprint density at radius 3 is 2.16 bits per heavy atom. The molecule has 0 unspecified atom stereocenters. The van der Waals surface area contributed by atoms with E-state index >= 15 is 0 Å². The van der Waals surface area contributed by atoms with Gasteiger partial charge in [0.15, 0.2) is 23.0 Å². The van der Waals surface area contributed by atoms with Crippen molar-refractivity contribution < 1.29 is 18.9 Å². The summed E-state index contributed by atoms with van der Waals surface area (Å²) in [6, 6.07) is 14.8. The lowest BCUT2D eigenvalue weighted by atomic mass is 9.78. The van der Waals surface area contributed by atoms with Crippen molar-refractivity contribution in [2.45, 2.75) is 31.2 Å². The quantitative estimate of drug-likeness (QED) is 0.680. The molecule has 0 radical (unpaired) electrons. The average Bonchev–Trinajstić information content (AvgIpc) is 3.30. The minimum Gasteiger partial charge on any atom is -0.493 e. The maximum absolute atomic E-state index is 10.2. The number of allylic oxidation sites excluding steroid dienone is 2. The van der Waals surface area contributed by atoms with E-state index in [2.05, 4.69) is 17.0 Å². The third kappa shape index (κ3) is 3.65. The van der Waals surface area contributed by atoms with Crippen LogP contribution in [-0.2, 0) is 0 Å². The van der Waals surface area contributed by atoms with Crippen LogP contribution in [0.1, 0.15) is 36.3 Å². The third-order valence-electron chi connectivity index (χ3n) is 6.39. The van der Waals surface area contributed by atoms with Gasteiger partial charge in [-0.25, -0.2) is 0 Å². The summed E-state index contributed by atoms with van der Waals surface area (Å²) < 4.78 is 22.0. The first-order chi connectivity index (χ1) is 15.1. The maximum Gasteiger partial charge on any atom is 0.161 e. The van der Waals surface area contributed by atoms with Gasteiger partial charge in [0.2, 0.25) is 0 Å². The summed E-state index contributed by atoms with van der Waals surface area (Å²) in [5, 5.41) is 10.2. The zero-order valence-corrected chi connectivity index (χ0v) is 18.5. The fraction of sp³-hybridized carbons (Fsp3) is 0.400. The first-order valence-corrected chi connectivity index (χ1v) is 10.5. The van der Waals surface area contributed by atoms with Crippen molar-refractivity contribution in [2.24, 2.45) is 0 Å². The SMILES string of the molecule is COc1ccc(C2=C(C#N)N3CCC[C@H]3C[C@@H]2c2ccc(OC)c(OC)c2)cc1OC. The molecule has 31 heavy (non-hydrogen) atoms. The van der Waals surface area contributed by atoms with Crippen molar-refractivity contribution in [2.75, 3.05) is 35.0 Å². The number of nitrogens with zero attached hydrogens (tertiary/aromatic N) is 2. The van der Waals surface area contributed by atoms with Gasteiger partial charge in [-0.1, -0.05) is 12.1 Å². The van der Waals surface area contributed by atoms with Crippen LogP contribution >= 0.6 is 0 Å². The van der Waals surface area contributed by atoms with E-state index in [1.54, 1.807) is 28.4 Å². The van der Waals surface area contributed by atoms with Gasteiger partial charge in [0, 0.05) is 24.1 Å². The summed E-state index contributed by atoms with van der Waals surface area (Å²) in [5.41, 5.74) is 3.86. The lowest BCUT2D eigenvalue weighted by Crippen LogP contribution is -2.35. The van der Waals surface area contributed by atoms with E-state index in [1.807, 2.05) is 30.3 Å². The Balaban J connectivity index is 1.90. The van der Waals surface area contributed by atoms with Gasteiger partial charge in [0.1, 0.15) is 11.8 Å². The molecule has 4 rings (SSSR count). The molecule has 1 fully saturated rings. The molecule has 2 aromatic carbocycles. The summed E-state index contributed by atoms with van der Waals surface area (Å²) in [7, 11) is 6.54. The predicted octanol–water partition coefficient (Wildman–Crippen LogP) is 4.61. The zero-order valence-electron chi connectivity index (χ0n) is 18.5. The van der Waals surface area contributed by atoms with Crippen LogP contribution in [0.15, 0.2) is 42.1 Å². The van der Waals surface area contributed by atoms with Crippen LogP contribution in [0.5, 0.6) is 23.0 Å². The largest absolute Gasteiger partial charge is 0.493 e. The highest BCUT2D eigenvalue weighted by Crippen LogP contribution is 2.48. The summed E-state index contributed by atoms with van der Waals surface area (Å²) in [4.78, 5) is 2.28. The van der Waals surface area contributed by atoms with Gasteiger partial charge in [-0.15, -0.1) is 0 Å². The molecular weight excluding hydrogens is 392 g/mol. The first kappa shape index (κ1) is 20.9. The molecule has 2 atom stereocenters. The van der Waals surface area contributed by atoms with Gasteiger partial charge in [-0.2, -0.15) is 5.26 Å². The highest BCUT2D eigenvalue weighted by molar-refractivity contribution is 5.79. The lowest BCUT2D eigenvalue weighted by molar-refractivity contribution is 0.293. The van der Waals surface area contributed by atoms with Crippen molar-refractivity contribution in [3.8, 4) is 29.1 Å². The van der Waals surface area contributed by atoms with Crippen molar-refractivity contribution in [1.29, 1.82) is 5.26 Å². The van der Waals surface area contributed by atoms with Gasteiger partial charge in [-0.05, 0) is 54.7 Å². The number of nitriles is 1. The molecule has 6 heteroatoms. The van der Waals surface area contributed by atoms with Gasteiger partial charge in [0.05, 0.1) is 28.4 Å². The standard InChI is InChI=1S/C25H28N2O4/c1-28-21-9-7-16(12-23(21)30-3)19-14-18-6-5-11-27(18)20(15-26)25(19)17-8-10-22(29-2)24(13-17)31-4/h7-10,12-13,18-19H,5-6,11,14H2,1-4H3/t18-,19+/m0/s1. The molecule has 0 bridgehead atoms. The topological polar surface area (TPSA) is 64.0 Å². The van der Waals surface area contributed by atoms with Crippen LogP contribution in [0, 0.1) is 11.3 Å². The second-order valence-electron chi connectivity index (χ2n) is 7.84. The van der Waals surface area contributed by atoms with Crippen molar-refractivity contribution in [3.05, 3.63) is 53.2 Å². The van der Waals surface area contributed by atoms with E-state index < -0.39 is 0 Å². The number of hydrogen-bond donors (Lipinski definition) is 0. The van der Waals surface area contributed by atoms with E-state index in [-0.39, 0.29) is 5.92 Å². The summed E-state index contributed by atoms with van der Waals surface area (Å²) in [5.74, 6) is 2.77. The lowest BCUT2D eigenvalue weighted by Gasteiger charge is -2.38. The normalized spacial score (nSPS) is 20.2. The van der Waals surface area contributed by atoms with Crippen LogP contribution in [0.3, 0.4) is 0 Å². The number of hydrogen-bond acceptors (Lipinski definition) is 6. The molecule has 1 saturated heterocycles. The van der Waals surface area contributed by atoms with Gasteiger partial charge in [-0.3, -0.25) is 0 Å². The molecule has 2 heterocycles. The van der Waals surface area contributed by atoms with Crippen LogP contribution in [0.4, 0.5) is 0 Å². The molecule has 6 nitrogen and oxygen atoms in total. The number of rotatable bonds is 6. The highest BCUT2D eigenvalue weighted by Gasteiger charge is 2.39. The number of ether oxygens (including phenoxy) is 4. The van der Waals surface area contributed by atoms with Crippen molar-refractivity contribution >= 4 is 5.57 Å². The third-order valence-corrected chi connectivity index (χ3v) is 6.39. The van der Waals surface area contributed by atoms with Gasteiger partial charge >= 0.3 is 0 Å². The van der Waals surface area contributed by atoms with Crippen molar-refractivity contribution in [3.63, 3.8) is 0 Å². The maximum atomic E-state index is 10.2. The Morgan fingerprint density at radius 2 is 1.52 bits per heavy atom. The Labute approximate surface area is 183 Å². The monoisotopic (exact) mass is 420 g/mol. The Kier molecular flexibility index (Phi) is 5.94. The van der Waals surface area contributed by atoms with E-state index in [9.17, 15) is 5.26 Å². The average molecular weight is 421 g/mol. The van der Waals surface area contributed by atoms with Crippen LogP contribution in [-0.4, -0.2) is 45.9 Å². The minimum atomic E-state index is 0.0620. The van der Waals surface area contributed by atoms with Crippen LogP contribution in [0.25, 0.3) is 5.57 Å². The van der Waals surface area contributed by atoms with E-state index in [0.717, 1.165) is 48.2 Å². The molecule has 2 aliphatic rings. The fourth-order valence-electron chi connectivity index (χ4n) is 4.92. The molecule has 0 aliphatic carbocycles. The molecule has 0 amide bonds. The molecule has 0 spiro atoms. The van der Waals surface area contributed by atoms with Crippen molar-refractivity contribution in [1.82, 2.24) is 4.90 Å². The van der Waals surface area contributed by atoms with E-state index in [4.69, 9.17) is 18.9 Å². The summed E-state index contributed by atoms with van der Waals surface area (Å²) >= 11 is 0. The molecule has 0 aromatic heterocycles. The second kappa shape index (κ2) is 8.81. The van der Waals surface area contributed by atoms with E-state index in [1.165, 1.54) is 0 Å². The highest BCUT2D eigenvalue weighted by atomic mass is 16.5. The molecule has 2 aliphatic heterocycles. The Bertz CT molecular complexity index is 1040. The number of methoxy groups -OCH3 is 4. The van der Waals surface area contributed by atoms with Gasteiger partial charge in [0.25, 0.3) is 0 Å². The molecule has 162 valence electrons. The smallest absolute Gasteiger partial charge is 0.161 e. The number of fused-ring (bicyclic) bond motifs is 1. The number of benzene rings is 2. The Morgan fingerprint density at radius 1 is 0.871 bits per heavy atom. The van der Waals surface area contributed by atoms with Gasteiger partial charge < -0.3 is 23.8 Å². The molecular formula is C25H28N2O4. The van der Waals surface area contributed by atoms with Crippen LogP contribution < -0.4 is 18.9 Å². The summed E-state index contributed by atoms with van der Waals surface area (Å²) in [6.45, 7) is 0.920. The minimum absolute atomic E-state index is 0.0620. The van der Waals surface area contributed by atoms with E-state index in [0.29, 0.717) is 29.0 Å². The first-order valence-electron chi connectivity index (χ1n) is 10.5. The Hall–Kier alpha value is -3.33. The summed E-state index contributed by atoms with van der Waals surface area (Å²) in [6.07, 6.45) is 3.16. The molecule has 0 saturated carbocycles.